The molecule has 0 saturated heterocycles. The van der Waals surface area contributed by atoms with E-state index in [1.165, 1.54) is 13.8 Å². The Labute approximate surface area is 148 Å². The van der Waals surface area contributed by atoms with E-state index in [4.69, 9.17) is 25.2 Å². The number of carbonyl (C=O) groups is 3. The number of carboxylic acid groups (broad SMARTS) is 2. The normalized spacial score (nSPS) is 8.60. The lowest BCUT2D eigenvalue weighted by atomic mass is 10.2. The molecule has 0 fully saturated rings. The van der Waals surface area contributed by atoms with E-state index in [2.05, 4.69) is 19.7 Å². The van der Waals surface area contributed by atoms with E-state index >= 15 is 0 Å². The number of rotatable bonds is 4. The van der Waals surface area contributed by atoms with Gasteiger partial charge in [0, 0.05) is 17.2 Å². The van der Waals surface area contributed by atoms with E-state index in [1.807, 2.05) is 20.8 Å². The molecule has 0 spiro atoms. The Morgan fingerprint density at radius 1 is 0.920 bits per heavy atom. The van der Waals surface area contributed by atoms with Crippen molar-refractivity contribution in [2.75, 3.05) is 13.2 Å². The van der Waals surface area contributed by atoms with Crippen molar-refractivity contribution in [1.82, 2.24) is 0 Å². The van der Waals surface area contributed by atoms with Crippen molar-refractivity contribution in [3.63, 3.8) is 0 Å². The molecular weight excluding hydrogens is 332 g/mol. The maximum absolute atomic E-state index is 10.5. The number of hydrogen-bond acceptors (Lipinski definition) is 6. The van der Waals surface area contributed by atoms with Crippen molar-refractivity contribution in [3.05, 3.63) is 37.0 Å². The lowest BCUT2D eigenvalue weighted by molar-refractivity contribution is -0.148. The molecule has 0 saturated carbocycles. The predicted molar refractivity (Wildman–Crippen MR) is 95.1 cm³/mol. The largest absolute Gasteiger partial charge is 0.478 e. The molecular formula is C17H30O8. The molecule has 0 unspecified atom stereocenters. The average molecular weight is 362 g/mol. The Kier molecular flexibility index (Phi) is 21.8. The van der Waals surface area contributed by atoms with Gasteiger partial charge in [-0.1, -0.05) is 19.7 Å². The third kappa shape index (κ3) is 44.9. The van der Waals surface area contributed by atoms with E-state index in [0.29, 0.717) is 0 Å². The van der Waals surface area contributed by atoms with Gasteiger partial charge in [0.05, 0.1) is 13.2 Å². The van der Waals surface area contributed by atoms with Crippen molar-refractivity contribution in [1.29, 1.82) is 0 Å². The third-order valence-corrected chi connectivity index (χ3v) is 1.40. The van der Waals surface area contributed by atoms with Gasteiger partial charge in [0.25, 0.3) is 0 Å². The van der Waals surface area contributed by atoms with Gasteiger partial charge in [-0.05, 0) is 34.6 Å². The fraction of sp³-hybridized carbons (Fsp3) is 0.471. The number of carboxylic acids is 2. The number of ether oxygens (including phenoxy) is 1. The Bertz CT molecular complexity index is 394. The van der Waals surface area contributed by atoms with Crippen LogP contribution in [0, 0.1) is 0 Å². The summed E-state index contributed by atoms with van der Waals surface area (Å²) >= 11 is 0. The molecule has 0 radical (unpaired) electrons. The molecule has 0 aromatic heterocycles. The van der Waals surface area contributed by atoms with Gasteiger partial charge >= 0.3 is 17.9 Å². The van der Waals surface area contributed by atoms with Gasteiger partial charge in [-0.25, -0.2) is 14.4 Å². The Morgan fingerprint density at radius 2 is 1.16 bits per heavy atom. The minimum absolute atomic E-state index is 0.125. The molecule has 0 bridgehead atoms. The minimum atomic E-state index is -0.935. The first-order valence-electron chi connectivity index (χ1n) is 7.00. The standard InChI is InChI=1S/C7H12O2.2C4H6O2.C2H6O2/c1-5-6(8)9-7(2,3)4;2*1-3(2)4(5)6;3-1-2-4/h5H,1H2,2-4H3;2*1H2,2H3,(H,5,6);3-4H,1-2H2. The number of aliphatic carboxylic acids is 2. The first-order valence-corrected chi connectivity index (χ1v) is 7.00. The van der Waals surface area contributed by atoms with Crippen LogP contribution in [0.15, 0.2) is 37.0 Å². The molecule has 8 nitrogen and oxygen atoms in total. The summed E-state index contributed by atoms with van der Waals surface area (Å²) in [6.07, 6.45) is 1.16. The smallest absolute Gasteiger partial charge is 0.330 e. The number of carbonyl (C=O) groups excluding carboxylic acids is 1. The van der Waals surface area contributed by atoms with E-state index < -0.39 is 17.5 Å². The first-order chi connectivity index (χ1) is 11.2. The summed E-state index contributed by atoms with van der Waals surface area (Å²) in [5, 5.41) is 31.0. The van der Waals surface area contributed by atoms with E-state index in [9.17, 15) is 14.4 Å². The highest BCUT2D eigenvalue weighted by molar-refractivity contribution is 5.85. The number of aliphatic hydroxyl groups is 2. The zero-order valence-corrected chi connectivity index (χ0v) is 15.5. The molecule has 0 heterocycles. The maximum Gasteiger partial charge on any atom is 0.330 e. The molecule has 0 aromatic carbocycles. The summed E-state index contributed by atoms with van der Waals surface area (Å²) in [4.78, 5) is 29.7. The van der Waals surface area contributed by atoms with Gasteiger partial charge in [0.15, 0.2) is 0 Å². The van der Waals surface area contributed by atoms with Crippen LogP contribution in [-0.2, 0) is 19.1 Å². The quantitative estimate of drug-likeness (QED) is 0.438. The molecule has 0 aliphatic rings. The van der Waals surface area contributed by atoms with Crippen molar-refractivity contribution in [3.8, 4) is 0 Å². The Morgan fingerprint density at radius 3 is 1.20 bits per heavy atom. The second kappa shape index (κ2) is 17.9. The van der Waals surface area contributed by atoms with Crippen molar-refractivity contribution in [2.24, 2.45) is 0 Å². The summed E-state index contributed by atoms with van der Waals surface area (Å²) in [6, 6.07) is 0. The monoisotopic (exact) mass is 362 g/mol. The van der Waals surface area contributed by atoms with E-state index in [-0.39, 0.29) is 30.3 Å². The van der Waals surface area contributed by atoms with Gasteiger partial charge < -0.3 is 25.2 Å². The van der Waals surface area contributed by atoms with Crippen LogP contribution in [0.25, 0.3) is 0 Å². The molecule has 25 heavy (non-hydrogen) atoms. The van der Waals surface area contributed by atoms with Crippen LogP contribution >= 0.6 is 0 Å². The van der Waals surface area contributed by atoms with Crippen molar-refractivity contribution in [2.45, 2.75) is 40.2 Å². The third-order valence-electron chi connectivity index (χ3n) is 1.40. The molecule has 0 rings (SSSR count). The molecule has 0 aliphatic heterocycles. The zero-order valence-electron chi connectivity index (χ0n) is 15.5. The highest BCUT2D eigenvalue weighted by atomic mass is 16.6. The van der Waals surface area contributed by atoms with Crippen molar-refractivity contribution >= 4 is 17.9 Å². The van der Waals surface area contributed by atoms with Crippen LogP contribution in [0.5, 0.6) is 0 Å². The average Bonchev–Trinajstić information content (AvgIpc) is 2.46. The lowest BCUT2D eigenvalue weighted by Crippen LogP contribution is -2.22. The van der Waals surface area contributed by atoms with Gasteiger partial charge in [-0.2, -0.15) is 0 Å². The summed E-state index contributed by atoms with van der Waals surface area (Å²) in [7, 11) is 0. The number of aliphatic hydroxyl groups excluding tert-OH is 2. The fourth-order valence-electron chi connectivity index (χ4n) is 0.343. The SMILES string of the molecule is C=C(C)C(=O)O.C=C(C)C(=O)O.C=CC(=O)OC(C)(C)C.OCCO. The maximum atomic E-state index is 10.5. The van der Waals surface area contributed by atoms with Crippen LogP contribution in [0.2, 0.25) is 0 Å². The lowest BCUT2D eigenvalue weighted by Gasteiger charge is -2.17. The minimum Gasteiger partial charge on any atom is -0.478 e. The highest BCUT2D eigenvalue weighted by Crippen LogP contribution is 2.06. The van der Waals surface area contributed by atoms with Gasteiger partial charge in [-0.15, -0.1) is 0 Å². The van der Waals surface area contributed by atoms with Crippen LogP contribution in [0.3, 0.4) is 0 Å². The summed E-state index contributed by atoms with van der Waals surface area (Å²) in [5.74, 6) is -2.24. The molecule has 4 N–H and O–H groups in total. The van der Waals surface area contributed by atoms with Gasteiger partial charge in [-0.3, -0.25) is 0 Å². The van der Waals surface area contributed by atoms with E-state index in [0.717, 1.165) is 6.08 Å². The molecule has 0 amide bonds. The number of esters is 1. The van der Waals surface area contributed by atoms with Crippen molar-refractivity contribution < 1.29 is 39.5 Å². The van der Waals surface area contributed by atoms with Gasteiger partial charge in [0.2, 0.25) is 0 Å². The first kappa shape index (κ1) is 30.4. The topological polar surface area (TPSA) is 141 Å². The van der Waals surface area contributed by atoms with Gasteiger partial charge in [0.1, 0.15) is 5.60 Å². The summed E-state index contributed by atoms with van der Waals surface area (Å²) < 4.78 is 4.83. The second-order valence-corrected chi connectivity index (χ2v) is 5.36. The van der Waals surface area contributed by atoms with Crippen LogP contribution in [-0.4, -0.2) is 57.1 Å². The van der Waals surface area contributed by atoms with Crippen LogP contribution < -0.4 is 0 Å². The molecule has 0 atom stereocenters. The Balaban J connectivity index is -0.000000123. The molecule has 8 heteroatoms. The molecule has 146 valence electrons. The molecule has 0 aromatic rings. The van der Waals surface area contributed by atoms with Crippen LogP contribution in [0.4, 0.5) is 0 Å². The second-order valence-electron chi connectivity index (χ2n) is 5.36. The molecule has 0 aliphatic carbocycles. The number of hydrogen-bond donors (Lipinski definition) is 4. The summed E-state index contributed by atoms with van der Waals surface area (Å²) in [6.45, 7) is 17.7. The zero-order chi connectivity index (χ0) is 21.2. The van der Waals surface area contributed by atoms with E-state index in [1.54, 1.807) is 0 Å². The predicted octanol–water partition coefficient (Wildman–Crippen LogP) is 1.78. The van der Waals surface area contributed by atoms with Crippen LogP contribution in [0.1, 0.15) is 34.6 Å². The fourth-order valence-corrected chi connectivity index (χ4v) is 0.343. The highest BCUT2D eigenvalue weighted by Gasteiger charge is 2.12. The Hall–Kier alpha value is -2.45. The summed E-state index contributed by atoms with van der Waals surface area (Å²) in [5.41, 5.74) is -0.0457.